The summed E-state index contributed by atoms with van der Waals surface area (Å²) in [5, 5.41) is 30.6. The van der Waals surface area contributed by atoms with Gasteiger partial charge in [-0.3, -0.25) is 4.79 Å². The van der Waals surface area contributed by atoms with Crippen LogP contribution in [0, 0.1) is 0 Å². The molecule has 0 bridgehead atoms. The van der Waals surface area contributed by atoms with E-state index in [1.54, 1.807) is 6.07 Å². The lowest BCUT2D eigenvalue weighted by atomic mass is 10.1. The maximum absolute atomic E-state index is 12.0. The van der Waals surface area contributed by atoms with E-state index in [0.29, 0.717) is 4.47 Å². The zero-order chi connectivity index (χ0) is 15.6. The lowest BCUT2D eigenvalue weighted by molar-refractivity contribution is 0.0696. The number of carboxylic acid groups (broad SMARTS) is 1. The molecule has 6 nitrogen and oxygen atoms in total. The van der Waals surface area contributed by atoms with E-state index in [1.807, 2.05) is 0 Å². The first-order chi connectivity index (χ1) is 9.88. The van der Waals surface area contributed by atoms with Crippen LogP contribution in [0.3, 0.4) is 0 Å². The second-order valence-electron chi connectivity index (χ2n) is 4.15. The molecular formula is C14H10BrNO5. The quantitative estimate of drug-likeness (QED) is 0.636. The van der Waals surface area contributed by atoms with E-state index in [-0.39, 0.29) is 28.3 Å². The van der Waals surface area contributed by atoms with Gasteiger partial charge in [0.15, 0.2) is 0 Å². The van der Waals surface area contributed by atoms with Crippen LogP contribution in [0.25, 0.3) is 0 Å². The highest BCUT2D eigenvalue weighted by Crippen LogP contribution is 2.27. The monoisotopic (exact) mass is 351 g/mol. The van der Waals surface area contributed by atoms with Crippen molar-refractivity contribution in [2.24, 2.45) is 0 Å². The minimum atomic E-state index is -1.18. The Hall–Kier alpha value is -2.54. The van der Waals surface area contributed by atoms with Gasteiger partial charge >= 0.3 is 5.97 Å². The van der Waals surface area contributed by atoms with Gasteiger partial charge in [-0.15, -0.1) is 0 Å². The lowest BCUT2D eigenvalue weighted by Gasteiger charge is -2.09. The number of carbonyl (C=O) groups is 2. The Kier molecular flexibility index (Phi) is 4.13. The van der Waals surface area contributed by atoms with Crippen molar-refractivity contribution in [3.63, 3.8) is 0 Å². The minimum Gasteiger partial charge on any atom is -0.507 e. The molecule has 0 fully saturated rings. The molecule has 0 heterocycles. The molecule has 2 rings (SSSR count). The fourth-order valence-electron chi connectivity index (χ4n) is 1.66. The van der Waals surface area contributed by atoms with Crippen LogP contribution in [0.2, 0.25) is 0 Å². The minimum absolute atomic E-state index is 0.00155. The molecule has 0 unspecified atom stereocenters. The summed E-state index contributed by atoms with van der Waals surface area (Å²) < 4.78 is 0.604. The summed E-state index contributed by atoms with van der Waals surface area (Å²) >= 11 is 3.15. The van der Waals surface area contributed by atoms with Gasteiger partial charge in [-0.25, -0.2) is 4.79 Å². The third kappa shape index (κ3) is 3.32. The topological polar surface area (TPSA) is 107 Å². The molecule has 2 aromatic carbocycles. The first kappa shape index (κ1) is 14.9. The van der Waals surface area contributed by atoms with E-state index >= 15 is 0 Å². The van der Waals surface area contributed by atoms with Crippen LogP contribution < -0.4 is 5.32 Å². The number of phenolic OH excluding ortho intramolecular Hbond substituents is 2. The number of anilines is 1. The van der Waals surface area contributed by atoms with Crippen molar-refractivity contribution < 1.29 is 24.9 Å². The third-order valence-corrected chi connectivity index (χ3v) is 3.19. The predicted octanol–water partition coefficient (Wildman–Crippen LogP) is 2.81. The summed E-state index contributed by atoms with van der Waals surface area (Å²) in [6.07, 6.45) is 0. The van der Waals surface area contributed by atoms with Crippen molar-refractivity contribution in [2.45, 2.75) is 0 Å². The zero-order valence-electron chi connectivity index (χ0n) is 10.5. The van der Waals surface area contributed by atoms with E-state index in [4.69, 9.17) is 5.11 Å². The zero-order valence-corrected chi connectivity index (χ0v) is 12.1. The van der Waals surface area contributed by atoms with Crippen molar-refractivity contribution in [1.82, 2.24) is 0 Å². The number of aromatic carboxylic acids is 1. The smallest absolute Gasteiger partial charge is 0.335 e. The molecule has 1 amide bonds. The highest BCUT2D eigenvalue weighted by atomic mass is 79.9. The SMILES string of the molecule is O=C(O)c1ccc(O)c(NC(=O)c2ccc(Br)cc2O)c1. The summed E-state index contributed by atoms with van der Waals surface area (Å²) in [4.78, 5) is 22.9. The van der Waals surface area contributed by atoms with Gasteiger partial charge in [-0.05, 0) is 36.4 Å². The Morgan fingerprint density at radius 2 is 1.71 bits per heavy atom. The number of carbonyl (C=O) groups excluding carboxylic acids is 1. The van der Waals surface area contributed by atoms with Gasteiger partial charge in [-0.2, -0.15) is 0 Å². The molecule has 21 heavy (non-hydrogen) atoms. The van der Waals surface area contributed by atoms with Crippen LogP contribution in [0.4, 0.5) is 5.69 Å². The molecule has 108 valence electrons. The molecule has 0 aliphatic heterocycles. The van der Waals surface area contributed by atoms with E-state index < -0.39 is 11.9 Å². The standard InChI is InChI=1S/C14H10BrNO5/c15-8-2-3-9(12(18)6-8)13(19)16-10-5-7(14(20)21)1-4-11(10)17/h1-6,17-18H,(H,16,19)(H,20,21). The molecule has 0 radical (unpaired) electrons. The number of amides is 1. The van der Waals surface area contributed by atoms with Crippen LogP contribution in [0.15, 0.2) is 40.9 Å². The molecule has 0 aromatic heterocycles. The molecule has 7 heteroatoms. The maximum atomic E-state index is 12.0. The van der Waals surface area contributed by atoms with Gasteiger partial charge in [0, 0.05) is 4.47 Å². The molecular weight excluding hydrogens is 342 g/mol. The number of benzene rings is 2. The summed E-state index contributed by atoms with van der Waals surface area (Å²) in [7, 11) is 0. The Balaban J connectivity index is 2.31. The first-order valence-corrected chi connectivity index (χ1v) is 6.54. The summed E-state index contributed by atoms with van der Waals surface area (Å²) in [5.41, 5.74) is -0.135. The van der Waals surface area contributed by atoms with Gasteiger partial charge in [0.1, 0.15) is 11.5 Å². The number of aromatic hydroxyl groups is 2. The summed E-state index contributed by atoms with van der Waals surface area (Å²) in [5.74, 6) is -2.37. The van der Waals surface area contributed by atoms with Crippen LogP contribution >= 0.6 is 15.9 Å². The number of phenols is 2. The van der Waals surface area contributed by atoms with Gasteiger partial charge in [0.25, 0.3) is 5.91 Å². The van der Waals surface area contributed by atoms with Crippen molar-refractivity contribution in [2.75, 3.05) is 5.32 Å². The van der Waals surface area contributed by atoms with Gasteiger partial charge in [-0.1, -0.05) is 15.9 Å². The largest absolute Gasteiger partial charge is 0.507 e. The maximum Gasteiger partial charge on any atom is 0.335 e. The molecule has 0 atom stereocenters. The van der Waals surface area contributed by atoms with E-state index in [9.17, 15) is 19.8 Å². The van der Waals surface area contributed by atoms with Gasteiger partial charge in [0.05, 0.1) is 16.8 Å². The van der Waals surface area contributed by atoms with Crippen LogP contribution in [0.5, 0.6) is 11.5 Å². The van der Waals surface area contributed by atoms with Crippen molar-refractivity contribution >= 4 is 33.5 Å². The molecule has 2 aromatic rings. The highest BCUT2D eigenvalue weighted by molar-refractivity contribution is 9.10. The average Bonchev–Trinajstić information content (AvgIpc) is 2.40. The predicted molar refractivity (Wildman–Crippen MR) is 78.8 cm³/mol. The Labute approximate surface area is 127 Å². The lowest BCUT2D eigenvalue weighted by Crippen LogP contribution is -2.12. The summed E-state index contributed by atoms with van der Waals surface area (Å²) in [6.45, 7) is 0. The normalized spacial score (nSPS) is 10.1. The number of carboxylic acids is 1. The van der Waals surface area contributed by atoms with E-state index in [0.717, 1.165) is 6.07 Å². The molecule has 0 aliphatic rings. The third-order valence-electron chi connectivity index (χ3n) is 2.70. The Bertz CT molecular complexity index is 729. The fraction of sp³-hybridized carbons (Fsp3) is 0. The molecule has 4 N–H and O–H groups in total. The highest BCUT2D eigenvalue weighted by Gasteiger charge is 2.15. The first-order valence-electron chi connectivity index (χ1n) is 5.74. The number of halogens is 1. The molecule has 0 saturated carbocycles. The molecule has 0 saturated heterocycles. The second-order valence-corrected chi connectivity index (χ2v) is 5.07. The average molecular weight is 352 g/mol. The number of hydrogen-bond donors (Lipinski definition) is 4. The summed E-state index contributed by atoms with van der Waals surface area (Å²) in [6, 6.07) is 7.83. The van der Waals surface area contributed by atoms with E-state index in [2.05, 4.69) is 21.2 Å². The van der Waals surface area contributed by atoms with Crippen LogP contribution in [-0.2, 0) is 0 Å². The van der Waals surface area contributed by atoms with Crippen LogP contribution in [-0.4, -0.2) is 27.2 Å². The second kappa shape index (κ2) is 5.84. The molecule has 0 spiro atoms. The Morgan fingerprint density at radius 1 is 1.00 bits per heavy atom. The number of nitrogens with one attached hydrogen (secondary N) is 1. The Morgan fingerprint density at radius 3 is 2.33 bits per heavy atom. The van der Waals surface area contributed by atoms with Crippen molar-refractivity contribution in [3.8, 4) is 11.5 Å². The fourth-order valence-corrected chi connectivity index (χ4v) is 2.00. The van der Waals surface area contributed by atoms with Gasteiger partial charge < -0.3 is 20.6 Å². The number of hydrogen-bond acceptors (Lipinski definition) is 4. The van der Waals surface area contributed by atoms with Crippen LogP contribution in [0.1, 0.15) is 20.7 Å². The van der Waals surface area contributed by atoms with Crippen molar-refractivity contribution in [1.29, 1.82) is 0 Å². The van der Waals surface area contributed by atoms with Gasteiger partial charge in [0.2, 0.25) is 0 Å². The van der Waals surface area contributed by atoms with Crippen molar-refractivity contribution in [3.05, 3.63) is 52.0 Å². The number of rotatable bonds is 3. The molecule has 0 aliphatic carbocycles. The van der Waals surface area contributed by atoms with E-state index in [1.165, 1.54) is 24.3 Å².